The number of aromatic nitrogens is 1. The third-order valence-corrected chi connectivity index (χ3v) is 6.20. The van der Waals surface area contributed by atoms with E-state index in [4.69, 9.17) is 5.73 Å². The van der Waals surface area contributed by atoms with E-state index < -0.39 is 5.91 Å². The molecule has 5 heteroatoms. The van der Waals surface area contributed by atoms with Crippen LogP contribution in [0.1, 0.15) is 87.2 Å². The summed E-state index contributed by atoms with van der Waals surface area (Å²) in [5.41, 5.74) is 6.63. The van der Waals surface area contributed by atoms with E-state index in [1.54, 1.807) is 18.3 Å². The largest absolute Gasteiger partial charge is 0.366 e. The molecule has 1 aromatic heterocycles. The second-order valence-corrected chi connectivity index (χ2v) is 9.05. The lowest BCUT2D eigenvalue weighted by Crippen LogP contribution is -2.37. The number of nitrogens with two attached hydrogens (primary N) is 1. The van der Waals surface area contributed by atoms with Gasteiger partial charge in [-0.2, -0.15) is 0 Å². The van der Waals surface area contributed by atoms with E-state index in [-0.39, 0.29) is 11.9 Å². The predicted molar refractivity (Wildman–Crippen MR) is 150 cm³/mol. The molecule has 1 atom stereocenters. The smallest absolute Gasteiger partial charge is 0.250 e. The van der Waals surface area contributed by atoms with Crippen molar-refractivity contribution in [1.29, 1.82) is 0 Å². The van der Waals surface area contributed by atoms with E-state index >= 15 is 0 Å². The van der Waals surface area contributed by atoms with Crippen LogP contribution >= 0.6 is 0 Å². The van der Waals surface area contributed by atoms with Gasteiger partial charge in [-0.3, -0.25) is 14.6 Å². The van der Waals surface area contributed by atoms with Crippen LogP contribution in [0.5, 0.6) is 0 Å². The number of allylic oxidation sites excluding steroid dienone is 10. The number of rotatable bonds is 16. The summed E-state index contributed by atoms with van der Waals surface area (Å²) in [6, 6.07) is 3.52. The van der Waals surface area contributed by atoms with Gasteiger partial charge in [-0.15, -0.1) is 0 Å². The predicted octanol–water partition coefficient (Wildman–Crippen LogP) is 6.64. The SMILES string of the molecule is CC/C=C\C/C=C\C/C=C\C/C=C\C/C=C\CCCC(=O)N1CCC[C@@H]1Cc1ncccc1C(N)=O. The number of primary amides is 1. The topological polar surface area (TPSA) is 76.3 Å². The summed E-state index contributed by atoms with van der Waals surface area (Å²) in [4.78, 5) is 30.8. The number of nitrogens with zero attached hydrogens (tertiary/aromatic N) is 2. The van der Waals surface area contributed by atoms with Crippen LogP contribution in [-0.2, 0) is 11.2 Å². The van der Waals surface area contributed by atoms with Gasteiger partial charge in [0.2, 0.25) is 5.91 Å². The molecule has 0 saturated carbocycles. The standard InChI is InChI=1S/C31H43N3O2/c1-2-3-4-5-6-7-8-9-10-11-12-13-14-15-16-17-18-23-30(35)34-25-20-21-27(34)26-29-28(31(32)36)22-19-24-33-29/h3-4,6-7,9-10,12-13,15-16,19,22,24,27H,2,5,8,11,14,17-18,20-21,23,25-26H2,1H3,(H2,32,36)/b4-3-,7-6-,10-9-,13-12-,16-15-/t27-/m1/s1. The molecule has 0 unspecified atom stereocenters. The fourth-order valence-corrected chi connectivity index (χ4v) is 4.31. The maximum Gasteiger partial charge on any atom is 0.250 e. The van der Waals surface area contributed by atoms with E-state index in [9.17, 15) is 9.59 Å². The second-order valence-electron chi connectivity index (χ2n) is 9.05. The van der Waals surface area contributed by atoms with Gasteiger partial charge in [0.15, 0.2) is 0 Å². The minimum atomic E-state index is -0.467. The van der Waals surface area contributed by atoms with Crippen LogP contribution in [0.4, 0.5) is 0 Å². The fourth-order valence-electron chi connectivity index (χ4n) is 4.31. The first kappa shape index (κ1) is 29.0. The number of carbonyl (C=O) groups is 2. The van der Waals surface area contributed by atoms with E-state index in [1.807, 2.05) is 4.90 Å². The Morgan fingerprint density at radius 1 is 0.972 bits per heavy atom. The summed E-state index contributed by atoms with van der Waals surface area (Å²) < 4.78 is 0. The average molecular weight is 490 g/mol. The molecular weight excluding hydrogens is 446 g/mol. The lowest BCUT2D eigenvalue weighted by atomic mass is 10.0. The van der Waals surface area contributed by atoms with Crippen LogP contribution in [0.3, 0.4) is 0 Å². The number of pyridine rings is 1. The molecule has 1 aliphatic heterocycles. The second kappa shape index (κ2) is 18.1. The minimum absolute atomic E-state index is 0.0965. The number of likely N-dealkylation sites (tertiary alicyclic amines) is 1. The number of carbonyl (C=O) groups excluding carboxylic acids is 2. The molecule has 1 fully saturated rings. The van der Waals surface area contributed by atoms with Gasteiger partial charge in [-0.1, -0.05) is 67.7 Å². The molecule has 194 valence electrons. The van der Waals surface area contributed by atoms with E-state index in [0.717, 1.165) is 64.3 Å². The molecule has 2 heterocycles. The van der Waals surface area contributed by atoms with Gasteiger partial charge in [0.1, 0.15) is 0 Å². The van der Waals surface area contributed by atoms with Gasteiger partial charge in [-0.25, -0.2) is 0 Å². The molecule has 1 aromatic rings. The first-order valence-corrected chi connectivity index (χ1v) is 13.4. The Balaban J connectivity index is 1.59. The van der Waals surface area contributed by atoms with Gasteiger partial charge in [-0.05, 0) is 69.9 Å². The van der Waals surface area contributed by atoms with Crippen molar-refractivity contribution in [3.05, 3.63) is 90.3 Å². The Bertz CT molecular complexity index is 943. The van der Waals surface area contributed by atoms with E-state index in [1.165, 1.54) is 0 Å². The zero-order valence-corrected chi connectivity index (χ0v) is 21.9. The summed E-state index contributed by atoms with van der Waals surface area (Å²) in [5.74, 6) is -0.271. The molecule has 0 bridgehead atoms. The first-order valence-electron chi connectivity index (χ1n) is 13.4. The lowest BCUT2D eigenvalue weighted by Gasteiger charge is -2.25. The zero-order valence-electron chi connectivity index (χ0n) is 21.9. The van der Waals surface area contributed by atoms with Crippen molar-refractivity contribution in [2.75, 3.05) is 6.54 Å². The molecule has 0 aliphatic carbocycles. The van der Waals surface area contributed by atoms with E-state index in [2.05, 4.69) is 72.7 Å². The highest BCUT2D eigenvalue weighted by Gasteiger charge is 2.29. The summed E-state index contributed by atoms with van der Waals surface area (Å²) in [6.07, 6.45) is 33.4. The van der Waals surface area contributed by atoms with Crippen molar-refractivity contribution in [2.24, 2.45) is 5.73 Å². The highest BCUT2D eigenvalue weighted by atomic mass is 16.2. The summed E-state index contributed by atoms with van der Waals surface area (Å²) in [6.45, 7) is 2.93. The van der Waals surface area contributed by atoms with Crippen molar-refractivity contribution >= 4 is 11.8 Å². The molecule has 0 spiro atoms. The quantitative estimate of drug-likeness (QED) is 0.209. The molecule has 0 aromatic carbocycles. The van der Waals surface area contributed by atoms with Gasteiger partial charge in [0, 0.05) is 31.6 Å². The van der Waals surface area contributed by atoms with Crippen LogP contribution in [0.15, 0.2) is 79.1 Å². The monoisotopic (exact) mass is 489 g/mol. The Hall–Kier alpha value is -3.21. The molecule has 1 saturated heterocycles. The summed E-state index contributed by atoms with van der Waals surface area (Å²) >= 11 is 0. The third-order valence-electron chi connectivity index (χ3n) is 6.20. The Morgan fingerprint density at radius 3 is 2.19 bits per heavy atom. The van der Waals surface area contributed by atoms with Gasteiger partial charge in [0.05, 0.1) is 11.3 Å². The molecule has 36 heavy (non-hydrogen) atoms. The van der Waals surface area contributed by atoms with Gasteiger partial charge in [0.25, 0.3) is 5.91 Å². The fraction of sp³-hybridized carbons (Fsp3) is 0.452. The Kier molecular flexibility index (Phi) is 14.6. The molecule has 1 aliphatic rings. The van der Waals surface area contributed by atoms with Gasteiger partial charge < -0.3 is 10.6 Å². The van der Waals surface area contributed by atoms with Crippen molar-refractivity contribution in [3.8, 4) is 0 Å². The molecule has 2 amide bonds. The van der Waals surface area contributed by atoms with Gasteiger partial charge >= 0.3 is 0 Å². The summed E-state index contributed by atoms with van der Waals surface area (Å²) in [7, 11) is 0. The van der Waals surface area contributed by atoms with Crippen molar-refractivity contribution in [3.63, 3.8) is 0 Å². The third kappa shape index (κ3) is 11.5. The molecule has 5 nitrogen and oxygen atoms in total. The van der Waals surface area contributed by atoms with Crippen molar-refractivity contribution in [2.45, 2.75) is 83.6 Å². The number of amides is 2. The van der Waals surface area contributed by atoms with Crippen molar-refractivity contribution in [1.82, 2.24) is 9.88 Å². The maximum atomic E-state index is 12.8. The number of unbranched alkanes of at least 4 members (excludes halogenated alkanes) is 1. The lowest BCUT2D eigenvalue weighted by molar-refractivity contribution is -0.132. The van der Waals surface area contributed by atoms with Crippen LogP contribution < -0.4 is 5.73 Å². The highest BCUT2D eigenvalue weighted by molar-refractivity contribution is 5.93. The Morgan fingerprint density at radius 2 is 1.58 bits per heavy atom. The van der Waals surface area contributed by atoms with Crippen LogP contribution in [0.2, 0.25) is 0 Å². The minimum Gasteiger partial charge on any atom is -0.366 e. The number of hydrogen-bond acceptors (Lipinski definition) is 3. The highest BCUT2D eigenvalue weighted by Crippen LogP contribution is 2.23. The molecule has 0 radical (unpaired) electrons. The normalized spacial score (nSPS) is 16.6. The van der Waals surface area contributed by atoms with Crippen LogP contribution in [-0.4, -0.2) is 34.3 Å². The van der Waals surface area contributed by atoms with Crippen LogP contribution in [0.25, 0.3) is 0 Å². The summed E-state index contributed by atoms with van der Waals surface area (Å²) in [5, 5.41) is 0. The Labute approximate surface area is 217 Å². The molecule has 2 N–H and O–H groups in total. The van der Waals surface area contributed by atoms with Crippen molar-refractivity contribution < 1.29 is 9.59 Å². The average Bonchev–Trinajstić information content (AvgIpc) is 3.34. The maximum absolute atomic E-state index is 12.8. The number of hydrogen-bond donors (Lipinski definition) is 1. The first-order chi connectivity index (χ1) is 17.6. The van der Waals surface area contributed by atoms with E-state index in [0.29, 0.717) is 24.1 Å². The molecular formula is C31H43N3O2. The zero-order chi connectivity index (χ0) is 25.8. The van der Waals surface area contributed by atoms with Crippen LogP contribution in [0, 0.1) is 0 Å². The molecule has 2 rings (SSSR count).